The van der Waals surface area contributed by atoms with Crippen molar-refractivity contribution in [1.29, 1.82) is 0 Å². The zero-order valence-electron chi connectivity index (χ0n) is 39.1. The number of carbonyl (C=O) groups excluding carboxylic acids is 2. The molecular formula is C50H51F9N4O8. The van der Waals surface area contributed by atoms with Crippen LogP contribution in [0, 0.1) is 0 Å². The van der Waals surface area contributed by atoms with E-state index in [-0.39, 0.29) is 24.0 Å². The van der Waals surface area contributed by atoms with E-state index in [4.69, 9.17) is 34.6 Å². The fraction of sp³-hybridized carbons (Fsp3) is 0.380. The number of aromatic amines is 1. The summed E-state index contributed by atoms with van der Waals surface area (Å²) < 4.78 is 132. The van der Waals surface area contributed by atoms with Gasteiger partial charge in [-0.2, -0.15) is 39.5 Å². The van der Waals surface area contributed by atoms with Crippen molar-refractivity contribution in [2.45, 2.75) is 121 Å². The highest BCUT2D eigenvalue weighted by atomic mass is 19.4. The van der Waals surface area contributed by atoms with Crippen molar-refractivity contribution in [1.82, 2.24) is 9.55 Å². The molecule has 1 amide bonds. The SMILES string of the molecule is CC(C)(C)OC(=O)Nc1cn(C(=O)OC(C)(C)C)c2ccc(OC3CC(c4ccc(C(F)(F)F)cc4)C3)cc12.Nc1c[nH]c2ccc(OC3CC(c4ccc(C(F)(F)F)cc4)C3)cc12.O=C(O)C(F)(F)F. The number of aliphatic carboxylic acids is 1. The number of amides is 1. The Balaban J connectivity index is 0.000000219. The van der Waals surface area contributed by atoms with E-state index in [2.05, 4.69) is 10.3 Å². The number of benzene rings is 4. The Morgan fingerprint density at radius 1 is 0.648 bits per heavy atom. The molecule has 382 valence electrons. The summed E-state index contributed by atoms with van der Waals surface area (Å²) in [5.41, 5.74) is 7.46. The average molecular weight is 1010 g/mol. The number of nitrogens with two attached hydrogens (primary N) is 1. The van der Waals surface area contributed by atoms with Crippen LogP contribution in [0.1, 0.15) is 101 Å². The molecule has 2 aliphatic carbocycles. The number of fused-ring (bicyclic) bond motifs is 2. The van der Waals surface area contributed by atoms with Crippen molar-refractivity contribution in [2.75, 3.05) is 11.1 Å². The summed E-state index contributed by atoms with van der Waals surface area (Å²) in [6.45, 7) is 10.5. The Morgan fingerprint density at radius 3 is 1.51 bits per heavy atom. The van der Waals surface area contributed by atoms with Gasteiger partial charge in [-0.3, -0.25) is 9.88 Å². The van der Waals surface area contributed by atoms with Crippen LogP contribution in [-0.4, -0.2) is 62.4 Å². The highest BCUT2D eigenvalue weighted by molar-refractivity contribution is 6.03. The molecule has 2 aromatic heterocycles. The standard InChI is InChI=1S/C29H33F3N2O5.C19H17F3N2O.C2HF3O2/c1-27(2,3)38-25(35)33-23-16-34(26(36)39-28(4,5)6)24-12-11-20(15-22(23)24)37-21-13-18(14-21)17-7-9-19(10-8-17)29(30,31)32;20-19(21,22)13-3-1-11(2-4-13)12-7-15(8-12)25-14-5-6-18-16(9-14)17(23)10-24-18;3-2(4,5)1(6)7/h7-12,15-16,18,21H,13-14H2,1-6H3,(H,33,35);1-6,9-10,12,15,24H,7-8,23H2;(H,6,7). The van der Waals surface area contributed by atoms with Gasteiger partial charge in [0.1, 0.15) is 22.7 Å². The van der Waals surface area contributed by atoms with Gasteiger partial charge in [-0.25, -0.2) is 14.4 Å². The highest BCUT2D eigenvalue weighted by Gasteiger charge is 2.39. The van der Waals surface area contributed by atoms with Crippen molar-refractivity contribution >= 4 is 51.3 Å². The second kappa shape index (κ2) is 20.3. The van der Waals surface area contributed by atoms with Crippen LogP contribution in [0.25, 0.3) is 21.8 Å². The number of anilines is 2. The fourth-order valence-corrected chi connectivity index (χ4v) is 7.59. The monoisotopic (exact) mass is 1010 g/mol. The minimum Gasteiger partial charge on any atom is -0.490 e. The van der Waals surface area contributed by atoms with E-state index < -0.39 is 59.0 Å². The van der Waals surface area contributed by atoms with Crippen molar-refractivity contribution in [2.24, 2.45) is 0 Å². The quantitative estimate of drug-likeness (QED) is 0.114. The molecule has 0 aliphatic heterocycles. The van der Waals surface area contributed by atoms with Gasteiger partial charge in [-0.15, -0.1) is 0 Å². The molecule has 2 fully saturated rings. The third-order valence-corrected chi connectivity index (χ3v) is 11.1. The molecule has 0 unspecified atom stereocenters. The molecule has 8 rings (SSSR count). The molecule has 0 saturated heterocycles. The maximum Gasteiger partial charge on any atom is 0.490 e. The first kappa shape index (κ1) is 53.3. The molecule has 71 heavy (non-hydrogen) atoms. The van der Waals surface area contributed by atoms with E-state index in [0.29, 0.717) is 40.9 Å². The summed E-state index contributed by atoms with van der Waals surface area (Å²) >= 11 is 0. The third-order valence-electron chi connectivity index (χ3n) is 11.1. The normalized spacial score (nSPS) is 18.1. The Morgan fingerprint density at radius 2 is 1.08 bits per heavy atom. The van der Waals surface area contributed by atoms with E-state index in [9.17, 15) is 49.1 Å². The van der Waals surface area contributed by atoms with E-state index in [1.54, 1.807) is 78.1 Å². The van der Waals surface area contributed by atoms with E-state index >= 15 is 0 Å². The molecule has 2 aliphatic rings. The topological polar surface area (TPSA) is 167 Å². The molecule has 6 aromatic rings. The molecular weight excluding hydrogens is 956 g/mol. The van der Waals surface area contributed by atoms with Gasteiger partial charge in [-0.05, 0) is 151 Å². The van der Waals surface area contributed by atoms with Crippen molar-refractivity contribution < 1.29 is 78.0 Å². The van der Waals surface area contributed by atoms with Crippen LogP contribution in [0.3, 0.4) is 0 Å². The first-order chi connectivity index (χ1) is 32.8. The number of nitrogen functional groups attached to an aromatic ring is 1. The molecule has 21 heteroatoms. The number of carboxylic acids is 1. The number of nitrogens with one attached hydrogen (secondary N) is 2. The summed E-state index contributed by atoms with van der Waals surface area (Å²) in [6, 6.07) is 21.6. The van der Waals surface area contributed by atoms with Crippen LogP contribution in [0.15, 0.2) is 97.3 Å². The highest BCUT2D eigenvalue weighted by Crippen LogP contribution is 2.43. The Kier molecular flexibility index (Phi) is 15.3. The van der Waals surface area contributed by atoms with E-state index in [1.165, 1.54) is 22.9 Å². The minimum absolute atomic E-state index is 0.0740. The van der Waals surface area contributed by atoms with Gasteiger partial charge in [0.25, 0.3) is 0 Å². The number of hydrogen-bond donors (Lipinski definition) is 4. The smallest absolute Gasteiger partial charge is 0.490 e. The lowest BCUT2D eigenvalue weighted by atomic mass is 9.77. The third kappa shape index (κ3) is 14.3. The first-order valence-corrected chi connectivity index (χ1v) is 22.1. The van der Waals surface area contributed by atoms with Crippen molar-refractivity contribution in [3.05, 3.63) is 120 Å². The number of hydrogen-bond acceptors (Lipinski definition) is 8. The first-order valence-electron chi connectivity index (χ1n) is 22.1. The van der Waals surface area contributed by atoms with Crippen LogP contribution in [-0.2, 0) is 26.6 Å². The van der Waals surface area contributed by atoms with Gasteiger partial charge >= 0.3 is 36.7 Å². The number of aromatic nitrogens is 2. The molecule has 2 heterocycles. The van der Waals surface area contributed by atoms with Crippen LogP contribution >= 0.6 is 0 Å². The van der Waals surface area contributed by atoms with Gasteiger partial charge in [0, 0.05) is 28.7 Å². The predicted octanol–water partition coefficient (Wildman–Crippen LogP) is 13.8. The van der Waals surface area contributed by atoms with Gasteiger partial charge in [-0.1, -0.05) is 24.3 Å². The molecule has 0 spiro atoms. The second-order valence-corrected chi connectivity index (χ2v) is 19.0. The Labute approximate surface area is 401 Å². The molecule has 0 bridgehead atoms. The van der Waals surface area contributed by atoms with Gasteiger partial charge < -0.3 is 34.8 Å². The molecule has 5 N–H and O–H groups in total. The lowest BCUT2D eigenvalue weighted by molar-refractivity contribution is -0.192. The van der Waals surface area contributed by atoms with Gasteiger partial charge in [0.2, 0.25) is 0 Å². The summed E-state index contributed by atoms with van der Waals surface area (Å²) in [5, 5.41) is 11.3. The molecule has 0 radical (unpaired) electrons. The lowest BCUT2D eigenvalue weighted by Gasteiger charge is -2.35. The maximum atomic E-state index is 12.9. The molecule has 12 nitrogen and oxygen atoms in total. The van der Waals surface area contributed by atoms with Gasteiger partial charge in [0.15, 0.2) is 0 Å². The zero-order valence-corrected chi connectivity index (χ0v) is 39.1. The number of ether oxygens (including phenoxy) is 4. The van der Waals surface area contributed by atoms with Crippen LogP contribution < -0.4 is 20.5 Å². The second-order valence-electron chi connectivity index (χ2n) is 19.0. The predicted molar refractivity (Wildman–Crippen MR) is 245 cm³/mol. The number of carbonyl (C=O) groups is 3. The van der Waals surface area contributed by atoms with Crippen molar-refractivity contribution in [3.63, 3.8) is 0 Å². The number of carboxylic acid groups (broad SMARTS) is 1. The zero-order chi connectivity index (χ0) is 52.4. The number of rotatable bonds is 7. The number of halogens is 9. The largest absolute Gasteiger partial charge is 0.490 e. The summed E-state index contributed by atoms with van der Waals surface area (Å²) in [4.78, 5) is 37.3. The minimum atomic E-state index is -5.08. The van der Waals surface area contributed by atoms with Crippen LogP contribution in [0.4, 0.5) is 60.5 Å². The fourth-order valence-electron chi connectivity index (χ4n) is 7.59. The number of nitrogens with zero attached hydrogens (tertiary/aromatic N) is 1. The Bertz CT molecular complexity index is 2830. The Hall–Kier alpha value is -7.06. The van der Waals surface area contributed by atoms with Crippen LogP contribution in [0.5, 0.6) is 11.5 Å². The molecule has 0 atom stereocenters. The van der Waals surface area contributed by atoms with Crippen LogP contribution in [0.2, 0.25) is 0 Å². The van der Waals surface area contributed by atoms with E-state index in [1.807, 2.05) is 18.2 Å². The number of alkyl halides is 9. The van der Waals surface area contributed by atoms with Gasteiger partial charge in [0.05, 0.1) is 40.2 Å². The summed E-state index contributed by atoms with van der Waals surface area (Å²) in [6.07, 6.45) is -8.91. The maximum absolute atomic E-state index is 12.9. The molecule has 2 saturated carbocycles. The van der Waals surface area contributed by atoms with Crippen molar-refractivity contribution in [3.8, 4) is 11.5 Å². The lowest BCUT2D eigenvalue weighted by Crippen LogP contribution is -2.32. The molecule has 4 aromatic carbocycles. The summed E-state index contributed by atoms with van der Waals surface area (Å²) in [7, 11) is 0. The van der Waals surface area contributed by atoms with E-state index in [0.717, 1.165) is 64.9 Å². The number of H-pyrrole nitrogens is 1. The average Bonchev–Trinajstić information content (AvgIpc) is 3.77. The summed E-state index contributed by atoms with van der Waals surface area (Å²) in [5.74, 6) is -1.11.